The van der Waals surface area contributed by atoms with Crippen LogP contribution in [0.3, 0.4) is 0 Å². The molecule has 0 atom stereocenters. The summed E-state index contributed by atoms with van der Waals surface area (Å²) in [7, 11) is 0. The van der Waals surface area contributed by atoms with Crippen LogP contribution in [0.5, 0.6) is 0 Å². The smallest absolute Gasteiger partial charge is 0.0782 e. The first-order chi connectivity index (χ1) is 7.86. The van der Waals surface area contributed by atoms with Gasteiger partial charge in [-0.1, -0.05) is 42.5 Å². The summed E-state index contributed by atoms with van der Waals surface area (Å²) in [6, 6.07) is 14.2. The highest BCUT2D eigenvalue weighted by atomic mass is 32.2. The van der Waals surface area contributed by atoms with Gasteiger partial charge in [0, 0.05) is 23.7 Å². The Morgan fingerprint density at radius 3 is 2.44 bits per heavy atom. The van der Waals surface area contributed by atoms with Crippen molar-refractivity contribution in [1.82, 2.24) is 4.98 Å². The first-order valence-electron chi connectivity index (χ1n) is 4.97. The van der Waals surface area contributed by atoms with Crippen molar-refractivity contribution in [3.63, 3.8) is 0 Å². The Kier molecular flexibility index (Phi) is 4.08. The van der Waals surface area contributed by atoms with Gasteiger partial charge in [-0.05, 0) is 17.7 Å². The summed E-state index contributed by atoms with van der Waals surface area (Å²) in [4.78, 5) is 3.98. The third-order valence-electron chi connectivity index (χ3n) is 2.13. The van der Waals surface area contributed by atoms with Crippen LogP contribution in [0.15, 0.2) is 54.9 Å². The van der Waals surface area contributed by atoms with Gasteiger partial charge in [-0.25, -0.2) is 0 Å². The SMILES string of the molecule is S=C(SCc1ccccc1)c1ccncc1. The zero-order chi connectivity index (χ0) is 11.2. The summed E-state index contributed by atoms with van der Waals surface area (Å²) in [6.07, 6.45) is 3.54. The van der Waals surface area contributed by atoms with Gasteiger partial charge in [-0.15, -0.1) is 11.8 Å². The summed E-state index contributed by atoms with van der Waals surface area (Å²) in [5, 5.41) is 0. The second-order valence-corrected chi connectivity index (χ2v) is 4.95. The number of thioether (sulfide) groups is 1. The monoisotopic (exact) mass is 245 g/mol. The van der Waals surface area contributed by atoms with Gasteiger partial charge in [-0.2, -0.15) is 0 Å². The highest BCUT2D eigenvalue weighted by Crippen LogP contribution is 2.18. The maximum Gasteiger partial charge on any atom is 0.0782 e. The average Bonchev–Trinajstić information content (AvgIpc) is 2.38. The highest BCUT2D eigenvalue weighted by molar-refractivity contribution is 8.23. The molecular formula is C13H11NS2. The fourth-order valence-corrected chi connectivity index (χ4v) is 2.40. The molecule has 1 nitrogen and oxygen atoms in total. The Morgan fingerprint density at radius 1 is 1.06 bits per heavy atom. The lowest BCUT2D eigenvalue weighted by Gasteiger charge is -2.03. The van der Waals surface area contributed by atoms with Crippen LogP contribution >= 0.6 is 24.0 Å². The van der Waals surface area contributed by atoms with Gasteiger partial charge in [0.15, 0.2) is 0 Å². The molecule has 0 fully saturated rings. The standard InChI is InChI=1S/C13H11NS2/c15-13(12-6-8-14-9-7-12)16-10-11-4-2-1-3-5-11/h1-9H,10H2. The van der Waals surface area contributed by atoms with E-state index >= 15 is 0 Å². The summed E-state index contributed by atoms with van der Waals surface area (Å²) in [6.45, 7) is 0. The van der Waals surface area contributed by atoms with E-state index in [4.69, 9.17) is 12.2 Å². The van der Waals surface area contributed by atoms with Crippen LogP contribution in [0.1, 0.15) is 11.1 Å². The van der Waals surface area contributed by atoms with Gasteiger partial charge < -0.3 is 0 Å². The summed E-state index contributed by atoms with van der Waals surface area (Å²) in [5.74, 6) is 0.919. The van der Waals surface area contributed by atoms with Gasteiger partial charge >= 0.3 is 0 Å². The molecule has 0 N–H and O–H groups in total. The van der Waals surface area contributed by atoms with Crippen molar-refractivity contribution in [1.29, 1.82) is 0 Å². The van der Waals surface area contributed by atoms with E-state index in [-0.39, 0.29) is 0 Å². The molecule has 2 aromatic rings. The Labute approximate surface area is 105 Å². The molecule has 80 valence electrons. The maximum atomic E-state index is 5.35. The molecule has 1 heterocycles. The van der Waals surface area contributed by atoms with E-state index in [2.05, 4.69) is 17.1 Å². The van der Waals surface area contributed by atoms with Crippen LogP contribution in [0.25, 0.3) is 0 Å². The fraction of sp³-hybridized carbons (Fsp3) is 0.0769. The fourth-order valence-electron chi connectivity index (χ4n) is 1.29. The number of thiocarbonyl (C=S) groups is 1. The van der Waals surface area contributed by atoms with E-state index in [1.54, 1.807) is 24.2 Å². The van der Waals surface area contributed by atoms with Gasteiger partial charge in [0.05, 0.1) is 4.20 Å². The molecule has 2 rings (SSSR count). The van der Waals surface area contributed by atoms with Gasteiger partial charge in [0.1, 0.15) is 0 Å². The number of pyridine rings is 1. The number of hydrogen-bond donors (Lipinski definition) is 0. The van der Waals surface area contributed by atoms with Crippen molar-refractivity contribution in [2.24, 2.45) is 0 Å². The lowest BCUT2D eigenvalue weighted by atomic mass is 10.2. The molecule has 0 aliphatic carbocycles. The van der Waals surface area contributed by atoms with E-state index < -0.39 is 0 Å². The Hall–Kier alpha value is -1.19. The predicted octanol–water partition coefficient (Wildman–Crippen LogP) is 3.69. The molecule has 0 saturated heterocycles. The molecule has 0 spiro atoms. The molecule has 0 aliphatic heterocycles. The molecule has 3 heteroatoms. The molecule has 0 bridgehead atoms. The number of hydrogen-bond acceptors (Lipinski definition) is 3. The third-order valence-corrected chi connectivity index (χ3v) is 3.69. The maximum absolute atomic E-state index is 5.35. The second kappa shape index (κ2) is 5.77. The molecular weight excluding hydrogens is 234 g/mol. The van der Waals surface area contributed by atoms with Gasteiger partial charge in [0.2, 0.25) is 0 Å². The van der Waals surface area contributed by atoms with Crippen molar-refractivity contribution in [2.75, 3.05) is 0 Å². The predicted molar refractivity (Wildman–Crippen MR) is 73.7 cm³/mol. The van der Waals surface area contributed by atoms with Gasteiger partial charge in [0.25, 0.3) is 0 Å². The van der Waals surface area contributed by atoms with Crippen LogP contribution in [0.2, 0.25) is 0 Å². The van der Waals surface area contributed by atoms with Gasteiger partial charge in [-0.3, -0.25) is 4.98 Å². The van der Waals surface area contributed by atoms with Crippen molar-refractivity contribution >= 4 is 28.2 Å². The van der Waals surface area contributed by atoms with Crippen LogP contribution in [0.4, 0.5) is 0 Å². The zero-order valence-electron chi connectivity index (χ0n) is 8.67. The summed E-state index contributed by atoms with van der Waals surface area (Å²) >= 11 is 7.04. The highest BCUT2D eigenvalue weighted by Gasteiger charge is 2.01. The van der Waals surface area contributed by atoms with Crippen molar-refractivity contribution < 1.29 is 0 Å². The van der Waals surface area contributed by atoms with E-state index in [0.717, 1.165) is 15.5 Å². The molecule has 1 aromatic carbocycles. The van der Waals surface area contributed by atoms with Crippen molar-refractivity contribution in [3.8, 4) is 0 Å². The minimum Gasteiger partial charge on any atom is -0.265 e. The second-order valence-electron chi connectivity index (χ2n) is 3.30. The number of nitrogens with zero attached hydrogens (tertiary/aromatic N) is 1. The van der Waals surface area contributed by atoms with Crippen LogP contribution in [-0.2, 0) is 5.75 Å². The Bertz CT molecular complexity index is 454. The third kappa shape index (κ3) is 3.15. The van der Waals surface area contributed by atoms with Crippen LogP contribution in [-0.4, -0.2) is 9.18 Å². The quantitative estimate of drug-likeness (QED) is 0.765. The topological polar surface area (TPSA) is 12.9 Å². The van der Waals surface area contributed by atoms with E-state index in [9.17, 15) is 0 Å². The summed E-state index contributed by atoms with van der Waals surface area (Å²) < 4.78 is 0.922. The van der Waals surface area contributed by atoms with E-state index in [1.165, 1.54) is 5.56 Å². The van der Waals surface area contributed by atoms with E-state index in [0.29, 0.717) is 0 Å². The van der Waals surface area contributed by atoms with E-state index in [1.807, 2.05) is 30.3 Å². The van der Waals surface area contributed by atoms with Crippen molar-refractivity contribution in [2.45, 2.75) is 5.75 Å². The number of benzene rings is 1. The first-order valence-corrected chi connectivity index (χ1v) is 6.37. The molecule has 0 radical (unpaired) electrons. The molecule has 16 heavy (non-hydrogen) atoms. The Morgan fingerprint density at radius 2 is 1.75 bits per heavy atom. The normalized spacial score (nSPS) is 10.0. The largest absolute Gasteiger partial charge is 0.265 e. The Balaban J connectivity index is 1.95. The zero-order valence-corrected chi connectivity index (χ0v) is 10.3. The number of aromatic nitrogens is 1. The van der Waals surface area contributed by atoms with Crippen LogP contribution in [0, 0.1) is 0 Å². The minimum atomic E-state index is 0.919. The minimum absolute atomic E-state index is 0.919. The molecule has 1 aromatic heterocycles. The number of rotatable bonds is 3. The molecule has 0 aliphatic rings. The molecule has 0 amide bonds. The lowest BCUT2D eigenvalue weighted by Crippen LogP contribution is -1.92. The van der Waals surface area contributed by atoms with Crippen molar-refractivity contribution in [3.05, 3.63) is 66.0 Å². The first kappa shape index (κ1) is 11.3. The molecule has 0 unspecified atom stereocenters. The molecule has 0 saturated carbocycles. The summed E-state index contributed by atoms with van der Waals surface area (Å²) in [5.41, 5.74) is 2.37. The average molecular weight is 245 g/mol. The van der Waals surface area contributed by atoms with Crippen LogP contribution < -0.4 is 0 Å². The lowest BCUT2D eigenvalue weighted by molar-refractivity contribution is 1.33.